The largest absolute Gasteiger partial charge is 0.493 e. The van der Waals surface area contributed by atoms with Gasteiger partial charge in [-0.25, -0.2) is 9.59 Å². The summed E-state index contributed by atoms with van der Waals surface area (Å²) in [6.07, 6.45) is -0.751. The number of aliphatic hydroxyl groups is 1. The minimum absolute atomic E-state index is 0.00728. The van der Waals surface area contributed by atoms with Crippen molar-refractivity contribution in [2.75, 3.05) is 59.6 Å². The molecule has 2 bridgehead atoms. The molecular formula is C48H49Cl3N4O11S. The Kier molecular flexibility index (Phi) is 13.2. The maximum atomic E-state index is 14.6. The van der Waals surface area contributed by atoms with E-state index in [0.717, 1.165) is 38.9 Å². The number of hydrogen-bond acceptors (Lipinski definition) is 15. The molecule has 0 spiro atoms. The Balaban J connectivity index is 1.07. The fourth-order valence-corrected chi connectivity index (χ4v) is 12.4. The standard InChI is InChI=1S/C48H49Cl3N4O11S/c1-24-14-26-15-33-35(17-52)55-34(39(54(33)3)37(26)42(40(24)61-5)64-22-60-4)16-47(59)38(43-41(65-23-66-43)25(2)44(47)56)36(55)18-62-45(57)32(53-46(58)63-21-48(49,50)51)20-67-19-31-29-12-8-6-10-27(29)28-11-7-9-13-30(28)31/h6-14,31-36,39,59H,15-16,18-23H2,1-5H3,(H,53,58)/t32-,33+,34?,35-,36-,39-,47?/m0/s1. The van der Waals surface area contributed by atoms with Gasteiger partial charge >= 0.3 is 12.1 Å². The first-order chi connectivity index (χ1) is 32.1. The van der Waals surface area contributed by atoms with Crippen LogP contribution in [0.4, 0.5) is 4.79 Å². The number of nitrogens with zero attached hydrogens (tertiary/aromatic N) is 3. The van der Waals surface area contributed by atoms with Gasteiger partial charge in [0.2, 0.25) is 10.6 Å². The van der Waals surface area contributed by atoms with Gasteiger partial charge in [-0.3, -0.25) is 14.6 Å². The SMILES string of the molecule is COCOc1c(OC)c(C)cc2c1[C@@H]1C3CC4(O)C(=O)C(C)=C5OCOC5=C4[C@H](COC(=O)[C@H](CSCC4c5ccccc5-c5ccccc54)NC(=O)OCC(Cl)(Cl)Cl)N3[C@@H](C#N)[C@@H](C2)N1C. The predicted molar refractivity (Wildman–Crippen MR) is 249 cm³/mol. The van der Waals surface area contributed by atoms with Crippen LogP contribution >= 0.6 is 46.6 Å². The molecule has 3 fully saturated rings. The summed E-state index contributed by atoms with van der Waals surface area (Å²) < 4.78 is 38.9. The first-order valence-electron chi connectivity index (χ1n) is 21.7. The van der Waals surface area contributed by atoms with Gasteiger partial charge < -0.3 is 43.6 Å². The highest BCUT2D eigenvalue weighted by Crippen LogP contribution is 2.57. The highest BCUT2D eigenvalue weighted by atomic mass is 35.6. The molecule has 3 saturated heterocycles. The normalized spacial score (nSPS) is 25.6. The minimum atomic E-state index is -2.18. The number of alkyl halides is 3. The van der Waals surface area contributed by atoms with E-state index in [9.17, 15) is 24.8 Å². The number of amides is 1. The van der Waals surface area contributed by atoms with Gasteiger partial charge in [-0.1, -0.05) is 89.4 Å². The van der Waals surface area contributed by atoms with Crippen molar-refractivity contribution < 1.29 is 52.6 Å². The Morgan fingerprint density at radius 1 is 1.03 bits per heavy atom. The van der Waals surface area contributed by atoms with Crippen molar-refractivity contribution in [2.24, 2.45) is 0 Å². The van der Waals surface area contributed by atoms with Crippen molar-refractivity contribution in [1.29, 1.82) is 5.26 Å². The van der Waals surface area contributed by atoms with Crippen LogP contribution in [0.25, 0.3) is 11.1 Å². The number of thioether (sulfide) groups is 1. The topological polar surface area (TPSA) is 178 Å². The van der Waals surface area contributed by atoms with Crippen LogP contribution in [0.5, 0.6) is 11.5 Å². The fourth-order valence-electron chi connectivity index (χ4n) is 11.0. The maximum Gasteiger partial charge on any atom is 0.408 e. The Labute approximate surface area is 407 Å². The highest BCUT2D eigenvalue weighted by molar-refractivity contribution is 7.99. The average Bonchev–Trinajstić information content (AvgIpc) is 3.91. The molecule has 3 aromatic carbocycles. The molecule has 2 aliphatic carbocycles. The molecule has 4 aliphatic heterocycles. The lowest BCUT2D eigenvalue weighted by Crippen LogP contribution is -2.74. The van der Waals surface area contributed by atoms with Gasteiger partial charge in [-0.2, -0.15) is 17.0 Å². The van der Waals surface area contributed by atoms with Crippen LogP contribution < -0.4 is 14.8 Å². The molecule has 0 aromatic heterocycles. The number of nitriles is 1. The van der Waals surface area contributed by atoms with Crippen molar-refractivity contribution >= 4 is 64.4 Å². The van der Waals surface area contributed by atoms with Crippen molar-refractivity contribution in [2.45, 2.75) is 78.3 Å². The smallest absolute Gasteiger partial charge is 0.408 e. The van der Waals surface area contributed by atoms with Crippen LogP contribution in [0.1, 0.15) is 53.1 Å². The molecule has 1 amide bonds. The van der Waals surface area contributed by atoms with E-state index in [-0.39, 0.29) is 54.3 Å². The second kappa shape index (κ2) is 18.7. The van der Waals surface area contributed by atoms with E-state index in [1.165, 1.54) is 18.9 Å². The van der Waals surface area contributed by atoms with E-state index in [1.54, 1.807) is 14.0 Å². The molecule has 4 heterocycles. The first-order valence-corrected chi connectivity index (χ1v) is 24.0. The number of piperidine rings is 1. The van der Waals surface area contributed by atoms with Gasteiger partial charge in [0.15, 0.2) is 41.2 Å². The lowest BCUT2D eigenvalue weighted by molar-refractivity contribution is -0.159. The number of methoxy groups -OCH3 is 2. The molecule has 7 atom stereocenters. The zero-order chi connectivity index (χ0) is 47.5. The molecule has 9 rings (SSSR count). The molecule has 354 valence electrons. The quantitative estimate of drug-likeness (QED) is 0.106. The second-order valence-corrected chi connectivity index (χ2v) is 21.0. The number of rotatable bonds is 13. The summed E-state index contributed by atoms with van der Waals surface area (Å²) in [5.74, 6) is 0.441. The summed E-state index contributed by atoms with van der Waals surface area (Å²) in [7, 11) is 4.99. The summed E-state index contributed by atoms with van der Waals surface area (Å²) in [6, 6.07) is 16.0. The van der Waals surface area contributed by atoms with Gasteiger partial charge in [0, 0.05) is 59.7 Å². The summed E-state index contributed by atoms with van der Waals surface area (Å²) in [6.45, 7) is 2.12. The Morgan fingerprint density at radius 3 is 2.37 bits per heavy atom. The van der Waals surface area contributed by atoms with Crippen molar-refractivity contribution in [3.63, 3.8) is 0 Å². The number of halogens is 3. The van der Waals surface area contributed by atoms with E-state index < -0.39 is 76.7 Å². The Morgan fingerprint density at radius 2 is 1.72 bits per heavy atom. The third-order valence-corrected chi connectivity index (χ3v) is 15.2. The highest BCUT2D eigenvalue weighted by Gasteiger charge is 2.64. The van der Waals surface area contributed by atoms with Crippen molar-refractivity contribution in [1.82, 2.24) is 15.1 Å². The number of Topliss-reactive ketones (excluding diaryl/α,β-unsaturated/α-hetero) is 1. The van der Waals surface area contributed by atoms with Crippen LogP contribution in [0.3, 0.4) is 0 Å². The molecule has 19 heteroatoms. The number of fused-ring (bicyclic) bond motifs is 11. The van der Waals surface area contributed by atoms with Crippen LogP contribution in [-0.2, 0) is 39.7 Å². The van der Waals surface area contributed by atoms with Crippen LogP contribution in [0.15, 0.2) is 77.3 Å². The maximum absolute atomic E-state index is 14.6. The number of alkyl carbamates (subject to hydrolysis) is 1. The third kappa shape index (κ3) is 8.29. The number of benzene rings is 3. The van der Waals surface area contributed by atoms with E-state index in [2.05, 4.69) is 40.6 Å². The van der Waals surface area contributed by atoms with Gasteiger partial charge in [0.1, 0.15) is 25.3 Å². The number of ether oxygens (including phenoxy) is 7. The minimum Gasteiger partial charge on any atom is -0.493 e. The Hall–Kier alpha value is -4.70. The first kappa shape index (κ1) is 47.4. The number of nitrogens with one attached hydrogen (secondary N) is 1. The van der Waals surface area contributed by atoms with E-state index >= 15 is 0 Å². The van der Waals surface area contributed by atoms with Crippen LogP contribution in [0.2, 0.25) is 0 Å². The number of aryl methyl sites for hydroxylation is 1. The average molecular weight is 996 g/mol. The summed E-state index contributed by atoms with van der Waals surface area (Å²) in [5.41, 5.74) is 5.22. The molecule has 3 aromatic rings. The van der Waals surface area contributed by atoms with Gasteiger partial charge in [-0.05, 0) is 60.7 Å². The molecule has 2 unspecified atom stereocenters. The lowest BCUT2D eigenvalue weighted by Gasteiger charge is -2.62. The number of carbonyl (C=O) groups excluding carboxylic acids is 3. The molecular weight excluding hydrogens is 947 g/mol. The molecule has 15 nitrogen and oxygen atoms in total. The fraction of sp³-hybridized carbons (Fsp3) is 0.458. The van der Waals surface area contributed by atoms with Gasteiger partial charge in [-0.15, -0.1) is 0 Å². The summed E-state index contributed by atoms with van der Waals surface area (Å²) in [5, 5.41) is 26.8. The molecule has 2 N–H and O–H groups in total. The number of piperazine rings is 1. The van der Waals surface area contributed by atoms with E-state index in [0.29, 0.717) is 23.7 Å². The van der Waals surface area contributed by atoms with Crippen LogP contribution in [0, 0.1) is 18.3 Å². The molecule has 67 heavy (non-hydrogen) atoms. The predicted octanol–water partition coefficient (Wildman–Crippen LogP) is 6.63. The van der Waals surface area contributed by atoms with Crippen molar-refractivity contribution in [3.8, 4) is 28.7 Å². The number of hydrogen-bond donors (Lipinski definition) is 2. The molecule has 0 saturated carbocycles. The summed E-state index contributed by atoms with van der Waals surface area (Å²) >= 11 is 19.1. The zero-order valence-electron chi connectivity index (χ0n) is 37.3. The number of ketones is 1. The second-order valence-electron chi connectivity index (χ2n) is 17.4. The number of carbonyl (C=O) groups is 3. The third-order valence-electron chi connectivity index (χ3n) is 13.7. The summed E-state index contributed by atoms with van der Waals surface area (Å²) in [4.78, 5) is 46.4. The van der Waals surface area contributed by atoms with Crippen molar-refractivity contribution in [3.05, 3.63) is 105 Å². The Bertz CT molecular complexity index is 2570. The molecule has 6 aliphatic rings. The van der Waals surface area contributed by atoms with Crippen LogP contribution in [-0.4, -0.2) is 132 Å². The van der Waals surface area contributed by atoms with Gasteiger partial charge in [0.25, 0.3) is 0 Å². The lowest BCUT2D eigenvalue weighted by atomic mass is 9.65. The number of esters is 1. The van der Waals surface area contributed by atoms with Gasteiger partial charge in [0.05, 0.1) is 25.3 Å². The van der Waals surface area contributed by atoms with E-state index in [4.69, 9.17) is 68.0 Å². The zero-order valence-corrected chi connectivity index (χ0v) is 40.4. The van der Waals surface area contributed by atoms with E-state index in [1.807, 2.05) is 49.2 Å². The number of likely N-dealkylation sites (N-methyl/N-ethyl adjacent to an activating group) is 1. The molecule has 0 radical (unpaired) electrons. The monoisotopic (exact) mass is 994 g/mol.